The topological polar surface area (TPSA) is 81.9 Å². The fourth-order valence-electron chi connectivity index (χ4n) is 2.50. The average Bonchev–Trinajstić information content (AvgIpc) is 2.59. The Balaban J connectivity index is 1.86. The quantitative estimate of drug-likeness (QED) is 0.511. The summed E-state index contributed by atoms with van der Waals surface area (Å²) in [5.41, 5.74) is 3.90. The highest BCUT2D eigenvalue weighted by Gasteiger charge is 2.10. The maximum atomic E-state index is 12.4. The van der Waals surface area contributed by atoms with Gasteiger partial charge in [0.2, 0.25) is 0 Å². The lowest BCUT2D eigenvalue weighted by Gasteiger charge is -2.07. The van der Waals surface area contributed by atoms with Crippen molar-refractivity contribution in [3.05, 3.63) is 71.8 Å². The van der Waals surface area contributed by atoms with Crippen LogP contribution in [0, 0.1) is 0 Å². The number of nitrogens with zero attached hydrogens (tertiary/aromatic N) is 1. The molecule has 0 aliphatic heterocycles. The molecule has 1 amide bonds. The van der Waals surface area contributed by atoms with Gasteiger partial charge >= 0.3 is 0 Å². The minimum absolute atomic E-state index is 0.0381. The first-order chi connectivity index (χ1) is 11.6. The lowest BCUT2D eigenvalue weighted by molar-refractivity contribution is 0.0956. The Morgan fingerprint density at radius 2 is 1.71 bits per heavy atom. The molecule has 24 heavy (non-hydrogen) atoms. The number of rotatable bonds is 3. The van der Waals surface area contributed by atoms with Gasteiger partial charge in [0.05, 0.1) is 5.71 Å². The summed E-state index contributed by atoms with van der Waals surface area (Å²) in [4.78, 5) is 12.4. The molecule has 120 valence electrons. The van der Waals surface area contributed by atoms with Crippen LogP contribution in [0.5, 0.6) is 11.5 Å². The van der Waals surface area contributed by atoms with Crippen molar-refractivity contribution in [1.82, 2.24) is 5.43 Å². The van der Waals surface area contributed by atoms with Crippen LogP contribution in [0.15, 0.2) is 65.8 Å². The molecule has 0 fully saturated rings. The van der Waals surface area contributed by atoms with Crippen LogP contribution in [-0.2, 0) is 0 Å². The zero-order chi connectivity index (χ0) is 17.1. The molecule has 3 N–H and O–H groups in total. The summed E-state index contributed by atoms with van der Waals surface area (Å²) in [6, 6.07) is 17.3. The third-order valence-corrected chi connectivity index (χ3v) is 3.73. The number of hydrogen-bond acceptors (Lipinski definition) is 4. The number of benzene rings is 3. The van der Waals surface area contributed by atoms with Crippen molar-refractivity contribution in [3.63, 3.8) is 0 Å². The Morgan fingerprint density at radius 1 is 0.958 bits per heavy atom. The second-order valence-electron chi connectivity index (χ2n) is 5.37. The summed E-state index contributed by atoms with van der Waals surface area (Å²) in [5.74, 6) is -0.469. The van der Waals surface area contributed by atoms with Gasteiger partial charge in [-0.05, 0) is 35.9 Å². The molecule has 0 saturated carbocycles. The highest BCUT2D eigenvalue weighted by molar-refractivity contribution is 6.08. The van der Waals surface area contributed by atoms with E-state index >= 15 is 0 Å². The highest BCUT2D eigenvalue weighted by atomic mass is 16.3. The Hall–Kier alpha value is -3.34. The van der Waals surface area contributed by atoms with Crippen LogP contribution in [0.25, 0.3) is 10.8 Å². The fourth-order valence-corrected chi connectivity index (χ4v) is 2.50. The highest BCUT2D eigenvalue weighted by Crippen LogP contribution is 2.23. The van der Waals surface area contributed by atoms with Gasteiger partial charge in [0.1, 0.15) is 11.5 Å². The molecule has 3 rings (SSSR count). The molecule has 0 bridgehead atoms. The van der Waals surface area contributed by atoms with Crippen LogP contribution in [-0.4, -0.2) is 21.8 Å². The predicted octanol–water partition coefficient (Wildman–Crippen LogP) is 3.41. The van der Waals surface area contributed by atoms with E-state index in [-0.39, 0.29) is 17.4 Å². The molecular weight excluding hydrogens is 304 g/mol. The molecule has 0 radical (unpaired) electrons. The second-order valence-corrected chi connectivity index (χ2v) is 5.37. The van der Waals surface area contributed by atoms with Gasteiger partial charge in [-0.15, -0.1) is 0 Å². The van der Waals surface area contributed by atoms with Crippen molar-refractivity contribution in [2.24, 2.45) is 5.10 Å². The number of phenols is 2. The summed E-state index contributed by atoms with van der Waals surface area (Å²) in [6.45, 7) is 1.66. The monoisotopic (exact) mass is 320 g/mol. The summed E-state index contributed by atoms with van der Waals surface area (Å²) >= 11 is 0. The molecule has 0 aliphatic carbocycles. The lowest BCUT2D eigenvalue weighted by atomic mass is 10.0. The van der Waals surface area contributed by atoms with Gasteiger partial charge in [0.15, 0.2) is 0 Å². The van der Waals surface area contributed by atoms with E-state index in [4.69, 9.17) is 0 Å². The smallest absolute Gasteiger partial charge is 0.272 e. The van der Waals surface area contributed by atoms with Crippen LogP contribution < -0.4 is 5.43 Å². The zero-order valence-corrected chi connectivity index (χ0v) is 13.0. The summed E-state index contributed by atoms with van der Waals surface area (Å²) in [6.07, 6.45) is 0. The zero-order valence-electron chi connectivity index (χ0n) is 13.0. The normalized spacial score (nSPS) is 11.5. The van der Waals surface area contributed by atoms with Crippen molar-refractivity contribution in [2.75, 3.05) is 0 Å². The number of hydrogen-bond donors (Lipinski definition) is 3. The third-order valence-electron chi connectivity index (χ3n) is 3.73. The standard InChI is InChI=1S/C19H16N2O3/c1-12(15-10-9-14(22)11-18(15)23)20-21-19(24)17-8-4-6-13-5-2-3-7-16(13)17/h2-11,22-23H,1H3,(H,21,24). The fraction of sp³-hybridized carbons (Fsp3) is 0.0526. The van der Waals surface area contributed by atoms with E-state index in [1.807, 2.05) is 36.4 Å². The van der Waals surface area contributed by atoms with Crippen molar-refractivity contribution in [2.45, 2.75) is 6.92 Å². The molecule has 5 nitrogen and oxygen atoms in total. The minimum atomic E-state index is -0.329. The van der Waals surface area contributed by atoms with Crippen LogP contribution >= 0.6 is 0 Å². The van der Waals surface area contributed by atoms with Crippen molar-refractivity contribution in [3.8, 4) is 11.5 Å². The van der Waals surface area contributed by atoms with E-state index in [0.717, 1.165) is 10.8 Å². The number of phenolic OH excluding ortho intramolecular Hbond substituents is 2. The average molecular weight is 320 g/mol. The van der Waals surface area contributed by atoms with Gasteiger partial charge in [-0.2, -0.15) is 5.10 Å². The van der Waals surface area contributed by atoms with Gasteiger partial charge < -0.3 is 10.2 Å². The van der Waals surface area contributed by atoms with Crippen LogP contribution in [0.4, 0.5) is 0 Å². The molecule has 0 spiro atoms. The first-order valence-corrected chi connectivity index (χ1v) is 7.41. The predicted molar refractivity (Wildman–Crippen MR) is 93.4 cm³/mol. The van der Waals surface area contributed by atoms with E-state index in [9.17, 15) is 15.0 Å². The van der Waals surface area contributed by atoms with E-state index in [1.165, 1.54) is 18.2 Å². The second kappa shape index (κ2) is 6.42. The number of nitrogens with one attached hydrogen (secondary N) is 1. The molecule has 0 atom stereocenters. The molecule has 5 heteroatoms. The molecule has 0 heterocycles. The number of amides is 1. The molecule has 3 aromatic carbocycles. The van der Waals surface area contributed by atoms with Crippen molar-refractivity contribution in [1.29, 1.82) is 0 Å². The first kappa shape index (κ1) is 15.6. The van der Waals surface area contributed by atoms with Gasteiger partial charge in [0, 0.05) is 17.2 Å². The number of carbonyl (C=O) groups excluding carboxylic acids is 1. The Bertz CT molecular complexity index is 943. The number of carbonyl (C=O) groups is 1. The number of fused-ring (bicyclic) bond motifs is 1. The van der Waals surface area contributed by atoms with Crippen molar-refractivity contribution >= 4 is 22.4 Å². The Morgan fingerprint density at radius 3 is 2.50 bits per heavy atom. The summed E-state index contributed by atoms with van der Waals surface area (Å²) < 4.78 is 0. The van der Waals surface area contributed by atoms with Gasteiger partial charge in [0.25, 0.3) is 5.91 Å². The number of aromatic hydroxyl groups is 2. The van der Waals surface area contributed by atoms with E-state index < -0.39 is 0 Å². The molecule has 3 aromatic rings. The summed E-state index contributed by atoms with van der Waals surface area (Å²) in [7, 11) is 0. The van der Waals surface area contributed by atoms with E-state index in [2.05, 4.69) is 10.5 Å². The van der Waals surface area contributed by atoms with Crippen LogP contribution in [0.3, 0.4) is 0 Å². The van der Waals surface area contributed by atoms with Gasteiger partial charge in [-0.25, -0.2) is 5.43 Å². The van der Waals surface area contributed by atoms with Crippen LogP contribution in [0.1, 0.15) is 22.8 Å². The Kier molecular flexibility index (Phi) is 4.16. The maximum absolute atomic E-state index is 12.4. The largest absolute Gasteiger partial charge is 0.508 e. The first-order valence-electron chi connectivity index (χ1n) is 7.41. The van der Waals surface area contributed by atoms with E-state index in [1.54, 1.807) is 13.0 Å². The SMILES string of the molecule is CC(=NNC(=O)c1cccc2ccccc12)c1ccc(O)cc1O. The molecule has 0 unspecified atom stereocenters. The van der Waals surface area contributed by atoms with Crippen LogP contribution in [0.2, 0.25) is 0 Å². The molecule has 0 aromatic heterocycles. The maximum Gasteiger partial charge on any atom is 0.272 e. The summed E-state index contributed by atoms with van der Waals surface area (Å²) in [5, 5.41) is 25.0. The third kappa shape index (κ3) is 3.05. The van der Waals surface area contributed by atoms with Gasteiger partial charge in [-0.1, -0.05) is 36.4 Å². The molecular formula is C19H16N2O3. The minimum Gasteiger partial charge on any atom is -0.508 e. The van der Waals surface area contributed by atoms with E-state index in [0.29, 0.717) is 16.8 Å². The number of hydrazone groups is 1. The molecule has 0 aliphatic rings. The molecule has 0 saturated heterocycles. The Labute approximate surface area is 138 Å². The van der Waals surface area contributed by atoms with Crippen molar-refractivity contribution < 1.29 is 15.0 Å². The lowest BCUT2D eigenvalue weighted by Crippen LogP contribution is -2.19. The van der Waals surface area contributed by atoms with Gasteiger partial charge in [-0.3, -0.25) is 4.79 Å².